The Morgan fingerprint density at radius 1 is 1.24 bits per heavy atom. The molecule has 0 spiro atoms. The number of benzene rings is 1. The van der Waals surface area contributed by atoms with Crippen LogP contribution in [0.3, 0.4) is 0 Å². The summed E-state index contributed by atoms with van der Waals surface area (Å²) < 4.78 is 13.9. The molecule has 1 heterocycles. The van der Waals surface area contributed by atoms with Gasteiger partial charge in [-0.2, -0.15) is 0 Å². The zero-order valence-corrected chi connectivity index (χ0v) is 14.4. The van der Waals surface area contributed by atoms with Crippen LogP contribution in [0.15, 0.2) is 30.3 Å². The molecule has 2 aromatic rings. The quantitative estimate of drug-likeness (QED) is 0.800. The molecular formula is C17H21ClFNS. The zero-order valence-electron chi connectivity index (χ0n) is 12.8. The molecule has 0 amide bonds. The monoisotopic (exact) mass is 325 g/mol. The Bertz CT molecular complexity index is 595. The van der Waals surface area contributed by atoms with Crippen LogP contribution >= 0.6 is 22.9 Å². The predicted molar refractivity (Wildman–Crippen MR) is 89.9 cm³/mol. The topological polar surface area (TPSA) is 12.0 Å². The summed E-state index contributed by atoms with van der Waals surface area (Å²) in [5.41, 5.74) is 0.709. The van der Waals surface area contributed by atoms with Gasteiger partial charge in [-0.05, 0) is 43.1 Å². The van der Waals surface area contributed by atoms with Crippen LogP contribution < -0.4 is 5.32 Å². The van der Waals surface area contributed by atoms with Gasteiger partial charge in [0.1, 0.15) is 5.82 Å². The summed E-state index contributed by atoms with van der Waals surface area (Å²) in [6.45, 7) is 6.60. The molecule has 0 radical (unpaired) electrons. The highest BCUT2D eigenvalue weighted by atomic mass is 35.5. The van der Waals surface area contributed by atoms with E-state index in [9.17, 15) is 4.39 Å². The van der Waals surface area contributed by atoms with E-state index in [-0.39, 0.29) is 17.3 Å². The minimum Gasteiger partial charge on any atom is -0.312 e. The van der Waals surface area contributed by atoms with E-state index in [2.05, 4.69) is 38.2 Å². The number of hydrogen-bond donors (Lipinski definition) is 1. The van der Waals surface area contributed by atoms with Crippen LogP contribution in [0.25, 0.3) is 0 Å². The molecule has 4 heteroatoms. The van der Waals surface area contributed by atoms with Crippen molar-refractivity contribution >= 4 is 22.9 Å². The molecule has 0 saturated carbocycles. The van der Waals surface area contributed by atoms with Crippen LogP contribution in [0, 0.1) is 5.82 Å². The fourth-order valence-electron chi connectivity index (χ4n) is 2.22. The summed E-state index contributed by atoms with van der Waals surface area (Å²) >= 11 is 7.91. The Kier molecular flexibility index (Phi) is 5.07. The third-order valence-electron chi connectivity index (χ3n) is 3.53. The summed E-state index contributed by atoms with van der Waals surface area (Å²) in [5.74, 6) is -0.240. The molecule has 1 N–H and O–H groups in total. The molecule has 1 unspecified atom stereocenters. The Morgan fingerprint density at radius 3 is 2.48 bits per heavy atom. The maximum absolute atomic E-state index is 13.9. The first-order valence-electron chi connectivity index (χ1n) is 7.03. The molecule has 0 bridgehead atoms. The average Bonchev–Trinajstić information content (AvgIpc) is 2.88. The number of likely N-dealkylation sites (N-methyl/N-ethyl adjacent to an activating group) is 1. The molecule has 1 atom stereocenters. The summed E-state index contributed by atoms with van der Waals surface area (Å²) in [6.07, 6.45) is 0.548. The molecular weight excluding hydrogens is 305 g/mol. The van der Waals surface area contributed by atoms with Crippen LogP contribution in [-0.4, -0.2) is 7.05 Å². The second kappa shape index (κ2) is 6.47. The first kappa shape index (κ1) is 16.5. The smallest absolute Gasteiger partial charge is 0.127 e. The molecule has 0 aliphatic carbocycles. The zero-order chi connectivity index (χ0) is 15.6. The maximum Gasteiger partial charge on any atom is 0.127 e. The van der Waals surface area contributed by atoms with E-state index in [1.165, 1.54) is 15.8 Å². The van der Waals surface area contributed by atoms with Crippen molar-refractivity contribution in [1.29, 1.82) is 0 Å². The van der Waals surface area contributed by atoms with Gasteiger partial charge in [0.05, 0.1) is 0 Å². The number of thiophene rings is 1. The lowest BCUT2D eigenvalue weighted by molar-refractivity contribution is 0.560. The maximum atomic E-state index is 13.9. The SMILES string of the molecule is CNC(Cc1c(F)cccc1Cl)c1ccc(C(C)(C)C)s1. The van der Waals surface area contributed by atoms with E-state index >= 15 is 0 Å². The number of nitrogens with one attached hydrogen (secondary N) is 1. The van der Waals surface area contributed by atoms with E-state index in [0.717, 1.165) is 0 Å². The second-order valence-corrected chi connectivity index (χ2v) is 7.72. The number of halogens is 2. The van der Waals surface area contributed by atoms with Gasteiger partial charge >= 0.3 is 0 Å². The second-order valence-electron chi connectivity index (χ2n) is 6.20. The minimum atomic E-state index is -0.240. The average molecular weight is 326 g/mol. The Balaban J connectivity index is 2.26. The molecule has 0 aliphatic rings. The fraction of sp³-hybridized carbons (Fsp3) is 0.412. The van der Waals surface area contributed by atoms with Gasteiger partial charge in [-0.3, -0.25) is 0 Å². The Morgan fingerprint density at radius 2 is 1.95 bits per heavy atom. The molecule has 1 aromatic heterocycles. The lowest BCUT2D eigenvalue weighted by Crippen LogP contribution is -2.18. The predicted octanol–water partition coefficient (Wildman–Crippen LogP) is 5.34. The van der Waals surface area contributed by atoms with E-state index < -0.39 is 0 Å². The van der Waals surface area contributed by atoms with Gasteiger partial charge in [-0.15, -0.1) is 11.3 Å². The Hall–Kier alpha value is -0.900. The van der Waals surface area contributed by atoms with Gasteiger partial charge in [0, 0.05) is 26.4 Å². The molecule has 2 rings (SSSR count). The van der Waals surface area contributed by atoms with Crippen LogP contribution in [0.1, 0.15) is 42.1 Å². The summed E-state index contributed by atoms with van der Waals surface area (Å²) in [4.78, 5) is 2.54. The molecule has 0 saturated heterocycles. The third kappa shape index (κ3) is 3.85. The number of hydrogen-bond acceptors (Lipinski definition) is 2. The molecule has 0 aliphatic heterocycles. The summed E-state index contributed by atoms with van der Waals surface area (Å²) in [5, 5.41) is 3.76. The van der Waals surface area contributed by atoms with Crippen molar-refractivity contribution in [2.45, 2.75) is 38.6 Å². The first-order chi connectivity index (χ1) is 9.82. The highest BCUT2D eigenvalue weighted by molar-refractivity contribution is 7.12. The van der Waals surface area contributed by atoms with Crippen molar-refractivity contribution in [3.05, 3.63) is 56.5 Å². The molecule has 114 valence electrons. The Labute approximate surface area is 135 Å². The van der Waals surface area contributed by atoms with Crippen molar-refractivity contribution in [3.63, 3.8) is 0 Å². The van der Waals surface area contributed by atoms with Crippen molar-refractivity contribution < 1.29 is 4.39 Å². The molecule has 0 fully saturated rings. The molecule has 1 nitrogen and oxygen atoms in total. The fourth-order valence-corrected chi connectivity index (χ4v) is 3.64. The molecule has 21 heavy (non-hydrogen) atoms. The standard InChI is InChI=1S/C17H21ClFNS/c1-17(2,3)16-9-8-15(21-16)14(20-4)10-11-12(18)6-5-7-13(11)19/h5-9,14,20H,10H2,1-4H3. The van der Waals surface area contributed by atoms with Gasteiger partial charge in [-0.25, -0.2) is 4.39 Å². The summed E-state index contributed by atoms with van der Waals surface area (Å²) in [7, 11) is 1.90. The minimum absolute atomic E-state index is 0.0699. The number of rotatable bonds is 4. The van der Waals surface area contributed by atoms with E-state index in [0.29, 0.717) is 17.0 Å². The van der Waals surface area contributed by atoms with Crippen molar-refractivity contribution in [2.24, 2.45) is 0 Å². The van der Waals surface area contributed by atoms with Gasteiger partial charge < -0.3 is 5.32 Å². The lowest BCUT2D eigenvalue weighted by atomic mass is 9.95. The molecule has 1 aromatic carbocycles. The van der Waals surface area contributed by atoms with Crippen LogP contribution in [0.4, 0.5) is 4.39 Å². The van der Waals surface area contributed by atoms with Gasteiger partial charge in [0.25, 0.3) is 0 Å². The largest absolute Gasteiger partial charge is 0.312 e. The van der Waals surface area contributed by atoms with Gasteiger partial charge in [0.2, 0.25) is 0 Å². The normalized spacial score (nSPS) is 13.4. The van der Waals surface area contributed by atoms with Crippen LogP contribution in [0.5, 0.6) is 0 Å². The first-order valence-corrected chi connectivity index (χ1v) is 8.22. The van der Waals surface area contributed by atoms with Crippen LogP contribution in [0.2, 0.25) is 5.02 Å². The van der Waals surface area contributed by atoms with Gasteiger partial charge in [0.15, 0.2) is 0 Å². The summed E-state index contributed by atoms with van der Waals surface area (Å²) in [6, 6.07) is 9.19. The van der Waals surface area contributed by atoms with Crippen LogP contribution in [-0.2, 0) is 11.8 Å². The highest BCUT2D eigenvalue weighted by Crippen LogP contribution is 2.34. The van der Waals surface area contributed by atoms with E-state index in [1.807, 2.05) is 7.05 Å². The van der Waals surface area contributed by atoms with E-state index in [4.69, 9.17) is 11.6 Å². The lowest BCUT2D eigenvalue weighted by Gasteiger charge is -2.18. The van der Waals surface area contributed by atoms with Gasteiger partial charge in [-0.1, -0.05) is 38.4 Å². The van der Waals surface area contributed by atoms with E-state index in [1.54, 1.807) is 23.5 Å². The van der Waals surface area contributed by atoms with Crippen molar-refractivity contribution in [3.8, 4) is 0 Å². The van der Waals surface area contributed by atoms with Crippen molar-refractivity contribution in [1.82, 2.24) is 5.32 Å². The van der Waals surface area contributed by atoms with Crippen molar-refractivity contribution in [2.75, 3.05) is 7.05 Å². The highest BCUT2D eigenvalue weighted by Gasteiger charge is 2.21. The third-order valence-corrected chi connectivity index (χ3v) is 5.51.